The fraction of sp³-hybridized carbons (Fsp3) is 0. The van der Waals surface area contributed by atoms with E-state index in [-0.39, 0.29) is 0 Å². The monoisotopic (exact) mass is 323 g/mol. The standard InChI is InChI=1S/C18H13NSe/c20-14-7-5-6-13(12-14)19-17-10-3-1-8-15(17)16-9-2-4-11-18(16)19/h1-12,20H. The quantitative estimate of drug-likeness (QED) is 0.474. The van der Waals surface area contributed by atoms with Crippen molar-refractivity contribution in [1.82, 2.24) is 4.57 Å². The van der Waals surface area contributed by atoms with Crippen LogP contribution in [-0.4, -0.2) is 20.6 Å². The Labute approximate surface area is 125 Å². The zero-order valence-corrected chi connectivity index (χ0v) is 12.7. The van der Waals surface area contributed by atoms with Crippen molar-refractivity contribution >= 4 is 42.3 Å². The molecule has 0 radical (unpaired) electrons. The van der Waals surface area contributed by atoms with Crippen molar-refractivity contribution < 1.29 is 0 Å². The molecular formula is C18H13NSe. The van der Waals surface area contributed by atoms with E-state index in [9.17, 15) is 0 Å². The van der Waals surface area contributed by atoms with Gasteiger partial charge in [0.2, 0.25) is 0 Å². The third kappa shape index (κ3) is 1.70. The number of benzene rings is 3. The van der Waals surface area contributed by atoms with Crippen molar-refractivity contribution in [1.29, 1.82) is 0 Å². The minimum absolute atomic E-state index is 1.21. The Hall–Kier alpha value is -2.02. The van der Waals surface area contributed by atoms with Gasteiger partial charge in [0.05, 0.1) is 0 Å². The van der Waals surface area contributed by atoms with Gasteiger partial charge in [0.25, 0.3) is 0 Å². The van der Waals surface area contributed by atoms with Gasteiger partial charge in [0.15, 0.2) is 0 Å². The second kappa shape index (κ2) is 4.52. The molecule has 0 aliphatic carbocycles. The van der Waals surface area contributed by atoms with E-state index in [0.717, 1.165) is 0 Å². The summed E-state index contributed by atoms with van der Waals surface area (Å²) in [7, 11) is 0. The van der Waals surface area contributed by atoms with Crippen LogP contribution in [0.2, 0.25) is 0 Å². The Bertz CT molecular complexity index is 868. The average Bonchev–Trinajstić information content (AvgIpc) is 2.82. The molecule has 1 nitrogen and oxygen atoms in total. The van der Waals surface area contributed by atoms with Crippen molar-refractivity contribution in [3.8, 4) is 5.69 Å². The topological polar surface area (TPSA) is 4.93 Å². The van der Waals surface area contributed by atoms with E-state index in [1.165, 1.54) is 32.0 Å². The van der Waals surface area contributed by atoms with E-state index < -0.39 is 0 Å². The van der Waals surface area contributed by atoms with Crippen molar-refractivity contribution in [3.63, 3.8) is 0 Å². The van der Waals surface area contributed by atoms with Crippen molar-refractivity contribution in [2.24, 2.45) is 0 Å². The normalized spacial score (nSPS) is 11.2. The van der Waals surface area contributed by atoms with Gasteiger partial charge in [-0.3, -0.25) is 0 Å². The van der Waals surface area contributed by atoms with Gasteiger partial charge < -0.3 is 0 Å². The Balaban J connectivity index is 2.21. The molecule has 1 aromatic heterocycles. The molecule has 1 heterocycles. The number of rotatable bonds is 1. The van der Waals surface area contributed by atoms with Gasteiger partial charge in [-0.25, -0.2) is 0 Å². The zero-order valence-electron chi connectivity index (χ0n) is 10.8. The van der Waals surface area contributed by atoms with Crippen LogP contribution in [0.25, 0.3) is 27.5 Å². The van der Waals surface area contributed by atoms with Gasteiger partial charge in [-0.15, -0.1) is 0 Å². The van der Waals surface area contributed by atoms with Gasteiger partial charge >= 0.3 is 125 Å². The van der Waals surface area contributed by atoms with Crippen LogP contribution in [0.15, 0.2) is 72.8 Å². The summed E-state index contributed by atoms with van der Waals surface area (Å²) in [4.78, 5) is 0. The molecule has 0 bridgehead atoms. The summed E-state index contributed by atoms with van der Waals surface area (Å²) in [6, 6.07) is 25.8. The van der Waals surface area contributed by atoms with Crippen molar-refractivity contribution in [2.75, 3.05) is 0 Å². The van der Waals surface area contributed by atoms with Crippen LogP contribution >= 0.6 is 0 Å². The predicted molar refractivity (Wildman–Crippen MR) is 87.6 cm³/mol. The third-order valence-corrected chi connectivity index (χ3v) is 4.25. The fourth-order valence-electron chi connectivity index (χ4n) is 2.83. The molecule has 0 spiro atoms. The molecule has 0 N–H and O–H groups in total. The Morgan fingerprint density at radius 3 is 1.85 bits per heavy atom. The van der Waals surface area contributed by atoms with E-state index in [1.54, 1.807) is 0 Å². The Morgan fingerprint density at radius 2 is 1.25 bits per heavy atom. The first-order chi connectivity index (χ1) is 9.84. The van der Waals surface area contributed by atoms with Gasteiger partial charge in [-0.1, -0.05) is 0 Å². The van der Waals surface area contributed by atoms with E-state index >= 15 is 0 Å². The van der Waals surface area contributed by atoms with Gasteiger partial charge in [-0.05, 0) is 0 Å². The van der Waals surface area contributed by atoms with Gasteiger partial charge in [-0.2, -0.15) is 0 Å². The molecule has 0 atom stereocenters. The fourth-order valence-corrected chi connectivity index (χ4v) is 3.29. The average molecular weight is 322 g/mol. The molecule has 0 aliphatic heterocycles. The molecule has 0 amide bonds. The summed E-state index contributed by atoms with van der Waals surface area (Å²) in [5.41, 5.74) is 3.72. The van der Waals surface area contributed by atoms with Crippen LogP contribution in [0.3, 0.4) is 0 Å². The number of hydrogen-bond acceptors (Lipinski definition) is 0. The number of fused-ring (bicyclic) bond motifs is 3. The minimum atomic E-state index is 1.21. The maximum atomic E-state index is 2.61. The predicted octanol–water partition coefficient (Wildman–Crippen LogP) is 3.31. The summed E-state index contributed by atoms with van der Waals surface area (Å²) >= 11 is 2.61. The molecule has 4 aromatic rings. The van der Waals surface area contributed by atoms with Gasteiger partial charge in [0, 0.05) is 0 Å². The maximum absolute atomic E-state index is 2.61. The van der Waals surface area contributed by atoms with Crippen LogP contribution in [0.1, 0.15) is 0 Å². The zero-order chi connectivity index (χ0) is 13.5. The second-order valence-electron chi connectivity index (χ2n) is 4.89. The summed E-state index contributed by atoms with van der Waals surface area (Å²) in [6.45, 7) is 0. The van der Waals surface area contributed by atoms with Crippen molar-refractivity contribution in [3.05, 3.63) is 72.8 Å². The summed E-state index contributed by atoms with van der Waals surface area (Å²) < 4.78 is 3.55. The van der Waals surface area contributed by atoms with Crippen LogP contribution in [0.4, 0.5) is 0 Å². The number of para-hydroxylation sites is 2. The van der Waals surface area contributed by atoms with E-state index in [2.05, 4.69) is 93.4 Å². The Morgan fingerprint density at radius 1 is 0.650 bits per heavy atom. The van der Waals surface area contributed by atoms with E-state index in [4.69, 9.17) is 0 Å². The molecule has 0 aliphatic rings. The second-order valence-corrected chi connectivity index (χ2v) is 5.97. The van der Waals surface area contributed by atoms with Crippen LogP contribution in [0, 0.1) is 0 Å². The van der Waals surface area contributed by atoms with Crippen LogP contribution < -0.4 is 4.46 Å². The molecule has 20 heavy (non-hydrogen) atoms. The molecule has 96 valence electrons. The molecule has 3 aromatic carbocycles. The first-order valence-electron chi connectivity index (χ1n) is 6.62. The first-order valence-corrected chi connectivity index (χ1v) is 7.56. The molecule has 4 rings (SSSR count). The van der Waals surface area contributed by atoms with Crippen LogP contribution in [0.5, 0.6) is 0 Å². The number of nitrogens with zero attached hydrogens (tertiary/aromatic N) is 1. The number of hydrogen-bond donors (Lipinski definition) is 0. The molecule has 0 unspecified atom stereocenters. The molecular weight excluding hydrogens is 309 g/mol. The van der Waals surface area contributed by atoms with Gasteiger partial charge in [0.1, 0.15) is 0 Å². The molecule has 2 heteroatoms. The first kappa shape index (κ1) is 11.8. The summed E-state index contributed by atoms with van der Waals surface area (Å²) in [5, 5.41) is 2.61. The molecule has 0 saturated heterocycles. The Kier molecular flexibility index (Phi) is 2.66. The van der Waals surface area contributed by atoms with E-state index in [1.807, 2.05) is 0 Å². The summed E-state index contributed by atoms with van der Waals surface area (Å²) in [5.74, 6) is 0. The summed E-state index contributed by atoms with van der Waals surface area (Å²) in [6.07, 6.45) is 0. The SMILES string of the molecule is [SeH]c1cccc(-n2c3ccccc3c3ccccc32)c1. The van der Waals surface area contributed by atoms with Crippen molar-refractivity contribution in [2.45, 2.75) is 0 Å². The molecule has 0 fully saturated rings. The van der Waals surface area contributed by atoms with Crippen LogP contribution in [-0.2, 0) is 0 Å². The number of aromatic nitrogens is 1. The van der Waals surface area contributed by atoms with E-state index in [0.29, 0.717) is 0 Å². The third-order valence-electron chi connectivity index (χ3n) is 3.67. The molecule has 0 saturated carbocycles.